The van der Waals surface area contributed by atoms with E-state index >= 15 is 0 Å². The van der Waals surface area contributed by atoms with Gasteiger partial charge in [-0.15, -0.1) is 0 Å². The fourth-order valence-corrected chi connectivity index (χ4v) is 2.69. The summed E-state index contributed by atoms with van der Waals surface area (Å²) < 4.78 is 15.7. The summed E-state index contributed by atoms with van der Waals surface area (Å²) in [6, 6.07) is 12.9. The molecule has 0 saturated carbocycles. The second-order valence-corrected chi connectivity index (χ2v) is 5.37. The zero-order valence-electron chi connectivity index (χ0n) is 11.2. The van der Waals surface area contributed by atoms with Crippen LogP contribution in [-0.4, -0.2) is 9.55 Å². The van der Waals surface area contributed by atoms with Gasteiger partial charge in [-0.25, -0.2) is 4.39 Å². The number of halogens is 1. The smallest absolute Gasteiger partial charge is 0.178 e. The Balaban J connectivity index is 1.89. The molecule has 0 bridgehead atoms. The Bertz CT molecular complexity index is 799. The van der Waals surface area contributed by atoms with E-state index in [2.05, 4.69) is 34.7 Å². The van der Waals surface area contributed by atoms with Gasteiger partial charge in [-0.2, -0.15) is 0 Å². The number of nitrogens with one attached hydrogen (secondary N) is 1. The Labute approximate surface area is 121 Å². The average molecular weight is 286 g/mol. The van der Waals surface area contributed by atoms with E-state index in [1.54, 1.807) is 0 Å². The minimum absolute atomic E-state index is 0.201. The molecular formula is C16H15FN2S. The number of fused-ring (bicyclic) bond motifs is 1. The first-order valence-corrected chi connectivity index (χ1v) is 6.98. The minimum atomic E-state index is -0.201. The number of nitrogens with zero attached hydrogens (tertiary/aromatic N) is 1. The molecule has 0 aliphatic carbocycles. The number of benzene rings is 2. The third kappa shape index (κ3) is 2.51. The van der Waals surface area contributed by atoms with Gasteiger partial charge in [0.15, 0.2) is 4.77 Å². The van der Waals surface area contributed by atoms with Gasteiger partial charge < -0.3 is 9.55 Å². The summed E-state index contributed by atoms with van der Waals surface area (Å²) in [5.41, 5.74) is 4.49. The van der Waals surface area contributed by atoms with E-state index < -0.39 is 0 Å². The summed E-state index contributed by atoms with van der Waals surface area (Å²) >= 11 is 5.38. The van der Waals surface area contributed by atoms with Crippen LogP contribution < -0.4 is 0 Å². The summed E-state index contributed by atoms with van der Waals surface area (Å²) in [6.45, 7) is 2.85. The van der Waals surface area contributed by atoms with Crippen LogP contribution in [0.25, 0.3) is 11.0 Å². The Morgan fingerprint density at radius 1 is 1.15 bits per heavy atom. The van der Waals surface area contributed by atoms with Crippen molar-refractivity contribution in [2.24, 2.45) is 0 Å². The highest BCUT2D eigenvalue weighted by Crippen LogP contribution is 2.16. The lowest BCUT2D eigenvalue weighted by molar-refractivity contribution is 0.625. The lowest BCUT2D eigenvalue weighted by Crippen LogP contribution is -2.01. The second-order valence-electron chi connectivity index (χ2n) is 4.98. The zero-order valence-corrected chi connectivity index (χ0v) is 12.0. The van der Waals surface area contributed by atoms with Crippen molar-refractivity contribution in [2.75, 3.05) is 0 Å². The van der Waals surface area contributed by atoms with Crippen molar-refractivity contribution in [3.8, 4) is 0 Å². The van der Waals surface area contributed by atoms with Crippen LogP contribution >= 0.6 is 12.2 Å². The van der Waals surface area contributed by atoms with E-state index in [-0.39, 0.29) is 5.82 Å². The topological polar surface area (TPSA) is 20.7 Å². The molecule has 0 amide bonds. The Kier molecular flexibility index (Phi) is 3.40. The maximum Gasteiger partial charge on any atom is 0.178 e. The lowest BCUT2D eigenvalue weighted by atomic mass is 10.1. The van der Waals surface area contributed by atoms with Crippen LogP contribution in [0.5, 0.6) is 0 Å². The molecule has 0 radical (unpaired) electrons. The molecule has 0 aliphatic rings. The molecule has 2 nitrogen and oxygen atoms in total. The molecule has 2 aromatic carbocycles. The molecule has 0 fully saturated rings. The van der Waals surface area contributed by atoms with E-state index in [4.69, 9.17) is 12.2 Å². The van der Waals surface area contributed by atoms with Gasteiger partial charge in [0.2, 0.25) is 0 Å². The lowest BCUT2D eigenvalue weighted by Gasteiger charge is -2.05. The molecule has 0 saturated heterocycles. The third-order valence-electron chi connectivity index (χ3n) is 3.47. The minimum Gasteiger partial charge on any atom is -0.331 e. The van der Waals surface area contributed by atoms with Crippen LogP contribution in [0.15, 0.2) is 42.5 Å². The fraction of sp³-hybridized carbons (Fsp3) is 0.188. The van der Waals surface area contributed by atoms with Gasteiger partial charge in [0, 0.05) is 6.54 Å². The van der Waals surface area contributed by atoms with Gasteiger partial charge in [0.25, 0.3) is 0 Å². The number of imidazole rings is 1. The molecular weight excluding hydrogens is 271 g/mol. The van der Waals surface area contributed by atoms with Crippen molar-refractivity contribution in [1.29, 1.82) is 0 Å². The largest absolute Gasteiger partial charge is 0.331 e. The Morgan fingerprint density at radius 3 is 2.65 bits per heavy atom. The summed E-state index contributed by atoms with van der Waals surface area (Å²) in [4.78, 5) is 3.23. The second kappa shape index (κ2) is 5.21. The van der Waals surface area contributed by atoms with E-state index in [0.717, 1.165) is 34.3 Å². The van der Waals surface area contributed by atoms with Gasteiger partial charge in [0.05, 0.1) is 11.0 Å². The molecule has 102 valence electrons. The molecule has 3 aromatic rings. The first kappa shape index (κ1) is 13.1. The first-order chi connectivity index (χ1) is 9.63. The van der Waals surface area contributed by atoms with Crippen molar-refractivity contribution in [2.45, 2.75) is 19.9 Å². The van der Waals surface area contributed by atoms with Gasteiger partial charge in [-0.1, -0.05) is 18.2 Å². The Hall–Kier alpha value is -1.94. The Morgan fingerprint density at radius 2 is 1.90 bits per heavy atom. The third-order valence-corrected chi connectivity index (χ3v) is 3.79. The molecule has 0 atom stereocenters. The van der Waals surface area contributed by atoms with Crippen LogP contribution in [0, 0.1) is 17.5 Å². The predicted molar refractivity (Wildman–Crippen MR) is 82.0 cm³/mol. The predicted octanol–water partition coefficient (Wildman–Crippen LogP) is 4.39. The fourth-order valence-electron chi connectivity index (χ4n) is 2.39. The average Bonchev–Trinajstić information content (AvgIpc) is 2.73. The SMILES string of the molecule is Cc1ccc2c(c1)[nH]c(=S)n2CCc1ccc(F)cc1. The summed E-state index contributed by atoms with van der Waals surface area (Å²) in [5.74, 6) is -0.201. The number of aromatic nitrogens is 2. The monoisotopic (exact) mass is 286 g/mol. The highest BCUT2D eigenvalue weighted by molar-refractivity contribution is 7.71. The van der Waals surface area contributed by atoms with Crippen LogP contribution in [0.3, 0.4) is 0 Å². The van der Waals surface area contributed by atoms with E-state index in [1.165, 1.54) is 17.7 Å². The van der Waals surface area contributed by atoms with E-state index in [1.807, 2.05) is 12.1 Å². The standard InChI is InChI=1S/C16H15FN2S/c1-11-2-7-15-14(10-11)18-16(20)19(15)9-8-12-3-5-13(17)6-4-12/h2-7,10H,8-9H2,1H3,(H,18,20). The van der Waals surface area contributed by atoms with Crippen LogP contribution in [0.1, 0.15) is 11.1 Å². The summed E-state index contributed by atoms with van der Waals surface area (Å²) in [5, 5.41) is 0. The van der Waals surface area contributed by atoms with Gasteiger partial charge >= 0.3 is 0 Å². The number of H-pyrrole nitrogens is 1. The highest BCUT2D eigenvalue weighted by atomic mass is 32.1. The quantitative estimate of drug-likeness (QED) is 0.708. The molecule has 1 heterocycles. The molecule has 4 heteroatoms. The van der Waals surface area contributed by atoms with Gasteiger partial charge in [-0.05, 0) is 61.0 Å². The zero-order chi connectivity index (χ0) is 14.1. The maximum atomic E-state index is 12.9. The first-order valence-electron chi connectivity index (χ1n) is 6.57. The number of aromatic amines is 1. The van der Waals surface area contributed by atoms with Crippen molar-refractivity contribution in [3.05, 3.63) is 64.2 Å². The van der Waals surface area contributed by atoms with Crippen LogP contribution in [0.2, 0.25) is 0 Å². The molecule has 1 aromatic heterocycles. The summed E-state index contributed by atoms with van der Waals surface area (Å²) in [7, 11) is 0. The van der Waals surface area contributed by atoms with Crippen molar-refractivity contribution < 1.29 is 4.39 Å². The maximum absolute atomic E-state index is 12.9. The molecule has 0 unspecified atom stereocenters. The van der Waals surface area contributed by atoms with Crippen LogP contribution in [-0.2, 0) is 13.0 Å². The molecule has 0 aliphatic heterocycles. The molecule has 3 rings (SSSR count). The molecule has 0 spiro atoms. The molecule has 20 heavy (non-hydrogen) atoms. The van der Waals surface area contributed by atoms with Gasteiger partial charge in [-0.3, -0.25) is 0 Å². The number of rotatable bonds is 3. The van der Waals surface area contributed by atoms with Crippen molar-refractivity contribution in [1.82, 2.24) is 9.55 Å². The highest BCUT2D eigenvalue weighted by Gasteiger charge is 2.04. The van der Waals surface area contributed by atoms with Crippen molar-refractivity contribution in [3.63, 3.8) is 0 Å². The van der Waals surface area contributed by atoms with Crippen LogP contribution in [0.4, 0.5) is 4.39 Å². The number of hydrogen-bond acceptors (Lipinski definition) is 1. The summed E-state index contributed by atoms with van der Waals surface area (Å²) in [6.07, 6.45) is 0.829. The number of aryl methyl sites for hydroxylation is 3. The number of hydrogen-bond donors (Lipinski definition) is 1. The normalized spacial score (nSPS) is 11.1. The van der Waals surface area contributed by atoms with E-state index in [0.29, 0.717) is 0 Å². The van der Waals surface area contributed by atoms with Gasteiger partial charge in [0.1, 0.15) is 5.82 Å². The molecule has 1 N–H and O–H groups in total. The van der Waals surface area contributed by atoms with E-state index in [9.17, 15) is 4.39 Å². The van der Waals surface area contributed by atoms with Crippen molar-refractivity contribution >= 4 is 23.3 Å².